The van der Waals surface area contributed by atoms with Crippen LogP contribution in [0, 0.1) is 27.2 Å². The number of carbonyl (C=O) groups is 1. The molecule has 1 aromatic heterocycles. The summed E-state index contributed by atoms with van der Waals surface area (Å²) in [6.45, 7) is 1.26. The first-order valence-corrected chi connectivity index (χ1v) is 6.12. The lowest BCUT2D eigenvalue weighted by Crippen LogP contribution is -2.13. The topological polar surface area (TPSA) is 144 Å². The first kappa shape index (κ1) is 15.4. The van der Waals surface area contributed by atoms with Crippen molar-refractivity contribution in [1.29, 1.82) is 0 Å². The molecule has 10 nitrogen and oxygen atoms in total. The van der Waals surface area contributed by atoms with Crippen molar-refractivity contribution in [3.8, 4) is 0 Å². The Morgan fingerprint density at radius 3 is 2.23 bits per heavy atom. The summed E-state index contributed by atoms with van der Waals surface area (Å²) in [5, 5.41) is 30.2. The van der Waals surface area contributed by atoms with E-state index in [0.29, 0.717) is 0 Å². The smallest absolute Gasteiger partial charge is 0.281 e. The van der Waals surface area contributed by atoms with Crippen molar-refractivity contribution in [3.05, 3.63) is 54.8 Å². The number of nitro groups is 2. The minimum Gasteiger partial charge on any atom is -0.320 e. The number of nitrogens with zero attached hydrogens (tertiary/aromatic N) is 3. The van der Waals surface area contributed by atoms with Gasteiger partial charge in [0.25, 0.3) is 17.3 Å². The molecular formula is C11H8ClN5O5. The molecule has 0 saturated carbocycles. The van der Waals surface area contributed by atoms with Gasteiger partial charge in [-0.05, 0) is 6.92 Å². The number of amides is 1. The number of aromatic nitrogens is 2. The zero-order valence-corrected chi connectivity index (χ0v) is 11.7. The van der Waals surface area contributed by atoms with E-state index in [1.165, 1.54) is 13.1 Å². The lowest BCUT2D eigenvalue weighted by Gasteiger charge is -2.06. The van der Waals surface area contributed by atoms with Crippen LogP contribution in [0.5, 0.6) is 0 Å². The third-order valence-corrected chi connectivity index (χ3v) is 3.11. The Bertz CT molecular complexity index is 752. The minimum absolute atomic E-state index is 0.0496. The van der Waals surface area contributed by atoms with Crippen LogP contribution in [0.15, 0.2) is 18.3 Å². The van der Waals surface area contributed by atoms with E-state index in [-0.39, 0.29) is 22.0 Å². The van der Waals surface area contributed by atoms with Gasteiger partial charge < -0.3 is 5.32 Å². The highest BCUT2D eigenvalue weighted by molar-refractivity contribution is 6.34. The molecule has 0 bridgehead atoms. The number of benzene rings is 1. The summed E-state index contributed by atoms with van der Waals surface area (Å²) in [7, 11) is 0. The van der Waals surface area contributed by atoms with E-state index in [1.54, 1.807) is 0 Å². The van der Waals surface area contributed by atoms with Crippen LogP contribution in [0.1, 0.15) is 16.1 Å². The number of halogens is 1. The molecule has 0 aliphatic carbocycles. The lowest BCUT2D eigenvalue weighted by atomic mass is 10.1. The lowest BCUT2D eigenvalue weighted by molar-refractivity contribution is -0.395. The highest BCUT2D eigenvalue weighted by Crippen LogP contribution is 2.32. The Balaban J connectivity index is 2.43. The van der Waals surface area contributed by atoms with Crippen molar-refractivity contribution in [2.75, 3.05) is 5.32 Å². The summed E-state index contributed by atoms with van der Waals surface area (Å²) in [5.74, 6) is -0.727. The van der Waals surface area contributed by atoms with Gasteiger partial charge in [-0.15, -0.1) is 0 Å². The maximum atomic E-state index is 11.9. The zero-order chi connectivity index (χ0) is 16.4. The van der Waals surface area contributed by atoms with Gasteiger partial charge in [-0.3, -0.25) is 30.1 Å². The molecule has 2 aromatic rings. The van der Waals surface area contributed by atoms with Crippen molar-refractivity contribution in [2.45, 2.75) is 6.92 Å². The SMILES string of the molecule is Cc1c([N+](=O)[O-])cc(NC(=O)c2[nH]ncc2Cl)cc1[N+](=O)[O-]. The van der Waals surface area contributed by atoms with Gasteiger partial charge in [0.15, 0.2) is 0 Å². The molecule has 0 atom stereocenters. The largest absolute Gasteiger partial charge is 0.320 e. The maximum Gasteiger partial charge on any atom is 0.281 e. The third-order valence-electron chi connectivity index (χ3n) is 2.82. The van der Waals surface area contributed by atoms with E-state index >= 15 is 0 Å². The summed E-state index contributed by atoms with van der Waals surface area (Å²) in [6.07, 6.45) is 1.20. The quantitative estimate of drug-likeness (QED) is 0.652. The Hall–Kier alpha value is -3.01. The summed E-state index contributed by atoms with van der Waals surface area (Å²) in [4.78, 5) is 32.3. The molecule has 1 amide bonds. The van der Waals surface area contributed by atoms with E-state index < -0.39 is 27.1 Å². The van der Waals surface area contributed by atoms with Gasteiger partial charge in [0.2, 0.25) is 0 Å². The van der Waals surface area contributed by atoms with Gasteiger partial charge in [0.1, 0.15) is 11.3 Å². The van der Waals surface area contributed by atoms with Gasteiger partial charge in [-0.2, -0.15) is 5.10 Å². The van der Waals surface area contributed by atoms with Crippen LogP contribution >= 0.6 is 11.6 Å². The molecule has 0 radical (unpaired) electrons. The molecule has 2 rings (SSSR count). The highest BCUT2D eigenvalue weighted by Gasteiger charge is 2.24. The standard InChI is InChI=1S/C11H8ClN5O5/c1-5-8(16(19)20)2-6(3-9(5)17(21)22)14-11(18)10-7(12)4-13-15-10/h2-4H,1H3,(H,13,15)(H,14,18). The van der Waals surface area contributed by atoms with E-state index in [1.807, 2.05) is 0 Å². The number of nitrogens with one attached hydrogen (secondary N) is 2. The number of nitro benzene ring substituents is 2. The summed E-state index contributed by atoms with van der Waals surface area (Å²) >= 11 is 5.72. The Morgan fingerprint density at radius 1 is 1.27 bits per heavy atom. The Labute approximate surface area is 127 Å². The van der Waals surface area contributed by atoms with Crippen LogP contribution < -0.4 is 5.32 Å². The van der Waals surface area contributed by atoms with Crippen molar-refractivity contribution in [1.82, 2.24) is 10.2 Å². The van der Waals surface area contributed by atoms with Crippen molar-refractivity contribution in [2.24, 2.45) is 0 Å². The van der Waals surface area contributed by atoms with Crippen molar-refractivity contribution in [3.63, 3.8) is 0 Å². The Morgan fingerprint density at radius 2 is 1.82 bits per heavy atom. The van der Waals surface area contributed by atoms with E-state index in [0.717, 1.165) is 12.1 Å². The fourth-order valence-corrected chi connectivity index (χ4v) is 1.94. The molecule has 0 aliphatic heterocycles. The molecule has 0 spiro atoms. The predicted molar refractivity (Wildman–Crippen MR) is 76.0 cm³/mol. The zero-order valence-electron chi connectivity index (χ0n) is 11.0. The van der Waals surface area contributed by atoms with Crippen LogP contribution in [0.25, 0.3) is 0 Å². The normalized spacial score (nSPS) is 10.3. The fourth-order valence-electron chi connectivity index (χ4n) is 1.76. The minimum atomic E-state index is -0.763. The monoisotopic (exact) mass is 325 g/mol. The highest BCUT2D eigenvalue weighted by atomic mass is 35.5. The number of hydrogen-bond donors (Lipinski definition) is 2. The van der Waals surface area contributed by atoms with Gasteiger partial charge in [0, 0.05) is 12.1 Å². The number of rotatable bonds is 4. The van der Waals surface area contributed by atoms with Crippen LogP contribution in [0.2, 0.25) is 5.02 Å². The third kappa shape index (κ3) is 2.86. The average Bonchev–Trinajstić information content (AvgIpc) is 2.86. The summed E-state index contributed by atoms with van der Waals surface area (Å²) in [6, 6.07) is 2.06. The number of H-pyrrole nitrogens is 1. The molecule has 2 N–H and O–H groups in total. The number of anilines is 1. The van der Waals surface area contributed by atoms with Crippen LogP contribution in [0.3, 0.4) is 0 Å². The first-order valence-electron chi connectivity index (χ1n) is 5.75. The van der Waals surface area contributed by atoms with Gasteiger partial charge in [0.05, 0.1) is 26.8 Å². The average molecular weight is 326 g/mol. The molecular weight excluding hydrogens is 318 g/mol. The molecule has 11 heteroatoms. The van der Waals surface area contributed by atoms with Crippen molar-refractivity contribution >= 4 is 34.6 Å². The fraction of sp³-hybridized carbons (Fsp3) is 0.0909. The van der Waals surface area contributed by atoms with Crippen LogP contribution in [-0.4, -0.2) is 26.0 Å². The molecule has 1 heterocycles. The maximum absolute atomic E-state index is 11.9. The van der Waals surface area contributed by atoms with Crippen LogP contribution in [0.4, 0.5) is 17.1 Å². The number of hydrogen-bond acceptors (Lipinski definition) is 6. The van der Waals surface area contributed by atoms with Crippen molar-refractivity contribution < 1.29 is 14.6 Å². The Kier molecular flexibility index (Phi) is 4.04. The number of aromatic amines is 1. The molecule has 1 aromatic carbocycles. The summed E-state index contributed by atoms with van der Waals surface area (Å²) < 4.78 is 0. The molecule has 0 fully saturated rings. The second kappa shape index (κ2) is 5.77. The first-order chi connectivity index (χ1) is 10.3. The molecule has 0 unspecified atom stereocenters. The van der Waals surface area contributed by atoms with Gasteiger partial charge in [-0.1, -0.05) is 11.6 Å². The van der Waals surface area contributed by atoms with Crippen LogP contribution in [-0.2, 0) is 0 Å². The number of carbonyl (C=O) groups excluding carboxylic acids is 1. The van der Waals surface area contributed by atoms with E-state index in [4.69, 9.17) is 11.6 Å². The molecule has 0 saturated heterocycles. The molecule has 0 aliphatic rings. The summed E-state index contributed by atoms with van der Waals surface area (Å²) in [5.41, 5.74) is -1.21. The second-order valence-electron chi connectivity index (χ2n) is 4.20. The van der Waals surface area contributed by atoms with Gasteiger partial charge in [-0.25, -0.2) is 0 Å². The predicted octanol–water partition coefficient (Wildman–Crippen LogP) is 2.44. The second-order valence-corrected chi connectivity index (χ2v) is 4.61. The molecule has 114 valence electrons. The van der Waals surface area contributed by atoms with E-state index in [9.17, 15) is 25.0 Å². The van der Waals surface area contributed by atoms with E-state index in [2.05, 4.69) is 15.5 Å². The molecule has 22 heavy (non-hydrogen) atoms. The van der Waals surface area contributed by atoms with Gasteiger partial charge >= 0.3 is 0 Å².